The van der Waals surface area contributed by atoms with Gasteiger partial charge >= 0.3 is 6.09 Å². The number of anilines is 3. The third kappa shape index (κ3) is 5.76. The molecule has 0 fully saturated rings. The van der Waals surface area contributed by atoms with Gasteiger partial charge in [-0.25, -0.2) is 4.79 Å². The maximum atomic E-state index is 10.6. The second-order valence-electron chi connectivity index (χ2n) is 6.01. The Morgan fingerprint density at radius 2 is 1.41 bits per heavy atom. The van der Waals surface area contributed by atoms with Crippen molar-refractivity contribution in [2.45, 2.75) is 13.1 Å². The van der Waals surface area contributed by atoms with Crippen LogP contribution in [0.3, 0.4) is 0 Å². The third-order valence-corrected chi connectivity index (χ3v) is 4.53. The van der Waals surface area contributed by atoms with Crippen LogP contribution in [0.4, 0.5) is 21.9 Å². The molecule has 0 saturated carbocycles. The van der Waals surface area contributed by atoms with Crippen LogP contribution in [-0.2, 0) is 13.1 Å². The molecule has 0 radical (unpaired) electrons. The lowest BCUT2D eigenvalue weighted by Gasteiger charge is -2.14. The summed E-state index contributed by atoms with van der Waals surface area (Å²) in [4.78, 5) is 10.6. The van der Waals surface area contributed by atoms with E-state index < -0.39 is 6.09 Å². The Balaban J connectivity index is 1.65. The highest BCUT2D eigenvalue weighted by molar-refractivity contribution is 9.10. The number of halogens is 1. The number of carboxylic acid groups (broad SMARTS) is 1. The number of para-hydroxylation sites is 2. The number of carbonyl (C=O) groups is 1. The van der Waals surface area contributed by atoms with E-state index in [1.807, 2.05) is 60.7 Å². The molecule has 0 aliphatic heterocycles. The Bertz CT molecular complexity index is 896. The van der Waals surface area contributed by atoms with Crippen LogP contribution < -0.4 is 16.0 Å². The van der Waals surface area contributed by atoms with Crippen molar-refractivity contribution >= 4 is 39.1 Å². The first-order chi connectivity index (χ1) is 13.1. The summed E-state index contributed by atoms with van der Waals surface area (Å²) in [6.07, 6.45) is -1.03. The van der Waals surface area contributed by atoms with Crippen molar-refractivity contribution in [3.8, 4) is 0 Å². The molecular weight excluding hydrogens is 406 g/mol. The van der Waals surface area contributed by atoms with Gasteiger partial charge in [0.25, 0.3) is 0 Å². The second-order valence-corrected chi connectivity index (χ2v) is 6.92. The van der Waals surface area contributed by atoms with Crippen molar-refractivity contribution in [1.82, 2.24) is 5.32 Å². The zero-order chi connectivity index (χ0) is 19.1. The maximum Gasteiger partial charge on any atom is 0.404 e. The lowest BCUT2D eigenvalue weighted by molar-refractivity contribution is 0.194. The Hall–Kier alpha value is -2.99. The number of nitrogens with one attached hydrogen (secondary N) is 3. The molecule has 0 atom stereocenters. The van der Waals surface area contributed by atoms with Crippen molar-refractivity contribution < 1.29 is 9.90 Å². The van der Waals surface area contributed by atoms with Gasteiger partial charge in [0.2, 0.25) is 0 Å². The molecule has 6 heteroatoms. The van der Waals surface area contributed by atoms with E-state index in [1.165, 1.54) is 5.56 Å². The molecular formula is C21H20BrN3O2. The quantitative estimate of drug-likeness (QED) is 0.399. The lowest BCUT2D eigenvalue weighted by Crippen LogP contribution is -2.19. The van der Waals surface area contributed by atoms with Crippen LogP contribution in [0, 0.1) is 0 Å². The van der Waals surface area contributed by atoms with Gasteiger partial charge in [-0.3, -0.25) is 0 Å². The predicted octanol–water partition coefficient (Wildman–Crippen LogP) is 5.57. The van der Waals surface area contributed by atoms with Crippen molar-refractivity contribution in [1.29, 1.82) is 0 Å². The molecule has 0 heterocycles. The normalized spacial score (nSPS) is 10.3. The summed E-state index contributed by atoms with van der Waals surface area (Å²) in [5, 5.41) is 17.9. The van der Waals surface area contributed by atoms with Gasteiger partial charge in [-0.2, -0.15) is 0 Å². The summed E-state index contributed by atoms with van der Waals surface area (Å²) in [7, 11) is 0. The number of benzene rings is 3. The molecule has 0 aliphatic carbocycles. The molecule has 1 amide bonds. The molecule has 0 spiro atoms. The predicted molar refractivity (Wildman–Crippen MR) is 112 cm³/mol. The first kappa shape index (κ1) is 18.8. The number of hydrogen-bond donors (Lipinski definition) is 4. The van der Waals surface area contributed by atoms with Crippen molar-refractivity contribution in [2.75, 3.05) is 10.6 Å². The average molecular weight is 426 g/mol. The summed E-state index contributed by atoms with van der Waals surface area (Å²) in [5.41, 5.74) is 5.03. The van der Waals surface area contributed by atoms with Crippen LogP contribution in [0.5, 0.6) is 0 Å². The highest BCUT2D eigenvalue weighted by Gasteiger charge is 2.03. The molecule has 0 aliphatic rings. The van der Waals surface area contributed by atoms with Crippen LogP contribution in [0.1, 0.15) is 11.1 Å². The van der Waals surface area contributed by atoms with E-state index in [-0.39, 0.29) is 0 Å². The molecule has 0 bridgehead atoms. The SMILES string of the molecule is O=C(O)NCc1ccc(Nc2ccccc2NCc2ccc(Br)cc2)cc1. The Morgan fingerprint density at radius 1 is 0.815 bits per heavy atom. The molecule has 0 saturated heterocycles. The van der Waals surface area contributed by atoms with Crippen molar-refractivity contribution in [2.24, 2.45) is 0 Å². The van der Waals surface area contributed by atoms with Crippen LogP contribution in [0.15, 0.2) is 77.3 Å². The molecule has 27 heavy (non-hydrogen) atoms. The lowest BCUT2D eigenvalue weighted by atomic mass is 10.2. The fraction of sp³-hybridized carbons (Fsp3) is 0.0952. The van der Waals surface area contributed by atoms with E-state index >= 15 is 0 Å². The molecule has 138 valence electrons. The first-order valence-electron chi connectivity index (χ1n) is 8.50. The smallest absolute Gasteiger partial charge is 0.404 e. The van der Waals surface area contributed by atoms with Gasteiger partial charge in [0.15, 0.2) is 0 Å². The molecule has 3 aromatic rings. The minimum Gasteiger partial charge on any atom is -0.465 e. The average Bonchev–Trinajstić information content (AvgIpc) is 2.68. The highest BCUT2D eigenvalue weighted by Crippen LogP contribution is 2.26. The summed E-state index contributed by atoms with van der Waals surface area (Å²) in [6, 6.07) is 23.9. The van der Waals surface area contributed by atoms with Gasteiger partial charge < -0.3 is 21.1 Å². The first-order valence-corrected chi connectivity index (χ1v) is 9.29. The summed E-state index contributed by atoms with van der Waals surface area (Å²) < 4.78 is 1.07. The van der Waals surface area contributed by atoms with E-state index in [1.54, 1.807) is 0 Å². The molecule has 3 rings (SSSR count). The molecule has 3 aromatic carbocycles. The molecule has 5 nitrogen and oxygen atoms in total. The molecule has 4 N–H and O–H groups in total. The van der Waals surface area contributed by atoms with Crippen LogP contribution >= 0.6 is 15.9 Å². The summed E-state index contributed by atoms with van der Waals surface area (Å²) >= 11 is 3.45. The van der Waals surface area contributed by atoms with Gasteiger partial charge in [-0.15, -0.1) is 0 Å². The summed E-state index contributed by atoms with van der Waals surface area (Å²) in [6.45, 7) is 1.02. The van der Waals surface area contributed by atoms with E-state index in [0.29, 0.717) is 6.54 Å². The van der Waals surface area contributed by atoms with Gasteiger partial charge in [0.05, 0.1) is 11.4 Å². The largest absolute Gasteiger partial charge is 0.465 e. The summed E-state index contributed by atoms with van der Waals surface area (Å²) in [5.74, 6) is 0. The van der Waals surface area contributed by atoms with Crippen LogP contribution in [-0.4, -0.2) is 11.2 Å². The number of hydrogen-bond acceptors (Lipinski definition) is 3. The standard InChI is InChI=1S/C21H20BrN3O2/c22-17-9-5-15(6-10-17)13-23-19-3-1-2-4-20(19)25-18-11-7-16(8-12-18)14-24-21(26)27/h1-12,23-25H,13-14H2,(H,26,27). The van der Waals surface area contributed by atoms with Crippen molar-refractivity contribution in [3.63, 3.8) is 0 Å². The Morgan fingerprint density at radius 3 is 2.07 bits per heavy atom. The van der Waals surface area contributed by atoms with Crippen molar-refractivity contribution in [3.05, 3.63) is 88.4 Å². The Kier molecular flexibility index (Phi) is 6.33. The molecule has 0 unspecified atom stereocenters. The Labute approximate surface area is 166 Å². The fourth-order valence-electron chi connectivity index (χ4n) is 2.58. The van der Waals surface area contributed by atoms with E-state index in [4.69, 9.17) is 5.11 Å². The number of rotatable bonds is 7. The monoisotopic (exact) mass is 425 g/mol. The van der Waals surface area contributed by atoms with Gasteiger partial charge in [0.1, 0.15) is 0 Å². The maximum absolute atomic E-state index is 10.6. The third-order valence-electron chi connectivity index (χ3n) is 4.00. The van der Waals surface area contributed by atoms with Gasteiger partial charge in [0, 0.05) is 23.2 Å². The highest BCUT2D eigenvalue weighted by atomic mass is 79.9. The van der Waals surface area contributed by atoms with Crippen LogP contribution in [0.2, 0.25) is 0 Å². The second kappa shape index (κ2) is 9.09. The van der Waals surface area contributed by atoms with Crippen LogP contribution in [0.25, 0.3) is 0 Å². The van der Waals surface area contributed by atoms with Gasteiger partial charge in [-0.05, 0) is 47.5 Å². The molecule has 0 aromatic heterocycles. The zero-order valence-corrected chi connectivity index (χ0v) is 16.2. The van der Waals surface area contributed by atoms with E-state index in [9.17, 15) is 4.79 Å². The number of amides is 1. The fourth-order valence-corrected chi connectivity index (χ4v) is 2.85. The van der Waals surface area contributed by atoms with E-state index in [0.717, 1.165) is 33.6 Å². The van der Waals surface area contributed by atoms with Gasteiger partial charge in [-0.1, -0.05) is 52.3 Å². The minimum absolute atomic E-state index is 0.293. The topological polar surface area (TPSA) is 73.4 Å². The minimum atomic E-state index is -1.03. The zero-order valence-electron chi connectivity index (χ0n) is 14.6. The van der Waals surface area contributed by atoms with E-state index in [2.05, 4.69) is 44.0 Å².